The first kappa shape index (κ1) is 15.3. The molecule has 5 heteroatoms. The maximum absolute atomic E-state index is 5.55. The van der Waals surface area contributed by atoms with E-state index in [9.17, 15) is 0 Å². The van der Waals surface area contributed by atoms with Gasteiger partial charge >= 0.3 is 0 Å². The maximum Gasteiger partial charge on any atom is 0.186 e. The number of anilines is 1. The van der Waals surface area contributed by atoms with Gasteiger partial charge in [-0.25, -0.2) is 4.98 Å². The van der Waals surface area contributed by atoms with E-state index in [2.05, 4.69) is 37.9 Å². The average molecular weight is 309 g/mol. The molecule has 1 aliphatic carbocycles. The fraction of sp³-hybridized carbons (Fsp3) is 0.812. The number of morpholine rings is 1. The van der Waals surface area contributed by atoms with Crippen molar-refractivity contribution in [1.29, 1.82) is 0 Å². The van der Waals surface area contributed by atoms with Crippen molar-refractivity contribution in [2.75, 3.05) is 24.7 Å². The van der Waals surface area contributed by atoms with E-state index in [1.54, 1.807) is 0 Å². The Morgan fingerprint density at radius 1 is 1.38 bits per heavy atom. The number of nitrogens with zero attached hydrogens (tertiary/aromatic N) is 2. The standard InChI is InChI=1S/C16H27N3OS/c1-11-10-20-8-7-19(11)15-18-14(12-5-6-12)13(21-15)9-17-16(2,3)4/h11-12,17H,5-10H2,1-4H3. The van der Waals surface area contributed by atoms with Crippen LogP contribution in [0.2, 0.25) is 0 Å². The Hall–Kier alpha value is -0.650. The Morgan fingerprint density at radius 3 is 2.76 bits per heavy atom. The van der Waals surface area contributed by atoms with Crippen LogP contribution in [0.3, 0.4) is 0 Å². The van der Waals surface area contributed by atoms with E-state index in [1.807, 2.05) is 11.3 Å². The zero-order valence-electron chi connectivity index (χ0n) is 13.6. The molecule has 0 spiro atoms. The molecule has 0 aromatic carbocycles. The highest BCUT2D eigenvalue weighted by atomic mass is 32.1. The van der Waals surface area contributed by atoms with E-state index in [1.165, 1.54) is 28.5 Å². The van der Waals surface area contributed by atoms with Crippen LogP contribution in [0.25, 0.3) is 0 Å². The second-order valence-electron chi connectivity index (χ2n) is 7.30. The number of rotatable bonds is 4. The van der Waals surface area contributed by atoms with Gasteiger partial charge in [0.2, 0.25) is 0 Å². The van der Waals surface area contributed by atoms with Crippen LogP contribution >= 0.6 is 11.3 Å². The SMILES string of the molecule is CC1COCCN1c1nc(C2CC2)c(CNC(C)(C)C)s1. The molecule has 0 amide bonds. The number of nitrogens with one attached hydrogen (secondary N) is 1. The Labute approximate surface area is 131 Å². The molecule has 0 radical (unpaired) electrons. The molecule has 1 saturated carbocycles. The van der Waals surface area contributed by atoms with E-state index >= 15 is 0 Å². The van der Waals surface area contributed by atoms with E-state index in [0.717, 1.165) is 26.3 Å². The highest BCUT2D eigenvalue weighted by Gasteiger charge is 2.32. The summed E-state index contributed by atoms with van der Waals surface area (Å²) in [5.74, 6) is 0.711. The molecular formula is C16H27N3OS. The van der Waals surface area contributed by atoms with Crippen molar-refractivity contribution in [3.8, 4) is 0 Å². The van der Waals surface area contributed by atoms with Crippen LogP contribution < -0.4 is 10.2 Å². The minimum absolute atomic E-state index is 0.150. The molecule has 1 aliphatic heterocycles. The highest BCUT2D eigenvalue weighted by Crippen LogP contribution is 2.44. The number of aromatic nitrogens is 1. The molecule has 1 saturated heterocycles. The third-order valence-corrected chi connectivity index (χ3v) is 5.18. The monoisotopic (exact) mass is 309 g/mol. The van der Waals surface area contributed by atoms with Crippen LogP contribution in [-0.4, -0.2) is 36.3 Å². The molecule has 1 aromatic rings. The van der Waals surface area contributed by atoms with Crippen molar-refractivity contribution in [2.45, 2.75) is 64.6 Å². The maximum atomic E-state index is 5.55. The van der Waals surface area contributed by atoms with Gasteiger partial charge in [0.05, 0.1) is 24.9 Å². The lowest BCUT2D eigenvalue weighted by atomic mass is 10.1. The first-order valence-electron chi connectivity index (χ1n) is 8.03. The second-order valence-corrected chi connectivity index (χ2v) is 8.36. The summed E-state index contributed by atoms with van der Waals surface area (Å²) in [5.41, 5.74) is 1.50. The lowest BCUT2D eigenvalue weighted by Gasteiger charge is -2.32. The molecule has 1 unspecified atom stereocenters. The summed E-state index contributed by atoms with van der Waals surface area (Å²) >= 11 is 1.88. The molecule has 3 rings (SSSR count). The van der Waals surface area contributed by atoms with Gasteiger partial charge in [0.25, 0.3) is 0 Å². The molecule has 4 nitrogen and oxygen atoms in total. The first-order chi connectivity index (χ1) is 9.94. The molecule has 1 N–H and O–H groups in total. The summed E-state index contributed by atoms with van der Waals surface area (Å²) in [7, 11) is 0. The van der Waals surface area contributed by atoms with E-state index in [-0.39, 0.29) is 5.54 Å². The largest absolute Gasteiger partial charge is 0.377 e. The second kappa shape index (κ2) is 5.86. The molecule has 1 aromatic heterocycles. The number of ether oxygens (including phenoxy) is 1. The van der Waals surface area contributed by atoms with Crippen molar-refractivity contribution in [2.24, 2.45) is 0 Å². The summed E-state index contributed by atoms with van der Waals surface area (Å²) in [6, 6.07) is 0.431. The van der Waals surface area contributed by atoms with Gasteiger partial charge in [-0.3, -0.25) is 0 Å². The summed E-state index contributed by atoms with van der Waals surface area (Å²) in [4.78, 5) is 8.84. The fourth-order valence-electron chi connectivity index (χ4n) is 2.63. The third-order valence-electron chi connectivity index (χ3n) is 4.07. The summed E-state index contributed by atoms with van der Waals surface area (Å²) in [5, 5.41) is 4.81. The lowest BCUT2D eigenvalue weighted by Crippen LogP contribution is -2.43. The van der Waals surface area contributed by atoms with E-state index in [4.69, 9.17) is 9.72 Å². The predicted molar refractivity (Wildman–Crippen MR) is 88.3 cm³/mol. The van der Waals surface area contributed by atoms with Crippen molar-refractivity contribution < 1.29 is 4.74 Å². The van der Waals surface area contributed by atoms with Gasteiger partial charge in [-0.2, -0.15) is 0 Å². The zero-order chi connectivity index (χ0) is 15.0. The number of hydrogen-bond acceptors (Lipinski definition) is 5. The smallest absolute Gasteiger partial charge is 0.186 e. The van der Waals surface area contributed by atoms with Crippen molar-refractivity contribution >= 4 is 16.5 Å². The summed E-state index contributed by atoms with van der Waals surface area (Å²) in [6.07, 6.45) is 2.62. The normalized spacial score (nSPS) is 23.6. The minimum atomic E-state index is 0.150. The third kappa shape index (κ3) is 3.76. The molecule has 118 valence electrons. The predicted octanol–water partition coefficient (Wildman–Crippen LogP) is 3.13. The molecular weight excluding hydrogens is 282 g/mol. The van der Waals surface area contributed by atoms with Gasteiger partial charge in [-0.05, 0) is 40.5 Å². The topological polar surface area (TPSA) is 37.4 Å². The van der Waals surface area contributed by atoms with Gasteiger partial charge in [-0.15, -0.1) is 11.3 Å². The first-order valence-corrected chi connectivity index (χ1v) is 8.85. The Morgan fingerprint density at radius 2 is 2.14 bits per heavy atom. The molecule has 21 heavy (non-hydrogen) atoms. The Balaban J connectivity index is 1.79. The highest BCUT2D eigenvalue weighted by molar-refractivity contribution is 7.15. The zero-order valence-corrected chi connectivity index (χ0v) is 14.4. The summed E-state index contributed by atoms with van der Waals surface area (Å²) < 4.78 is 5.55. The minimum Gasteiger partial charge on any atom is -0.377 e. The van der Waals surface area contributed by atoms with E-state index < -0.39 is 0 Å². The van der Waals surface area contributed by atoms with E-state index in [0.29, 0.717) is 12.0 Å². The Kier molecular flexibility index (Phi) is 4.26. The Bertz CT molecular complexity index is 490. The van der Waals surface area contributed by atoms with Crippen LogP contribution in [0, 0.1) is 0 Å². The van der Waals surface area contributed by atoms with Crippen LogP contribution in [0.15, 0.2) is 0 Å². The number of hydrogen-bond donors (Lipinski definition) is 1. The fourth-order valence-corrected chi connectivity index (χ4v) is 3.85. The summed E-state index contributed by atoms with van der Waals surface area (Å²) in [6.45, 7) is 12.4. The average Bonchev–Trinajstić information content (AvgIpc) is 3.17. The lowest BCUT2D eigenvalue weighted by molar-refractivity contribution is 0.0989. The molecule has 2 heterocycles. The molecule has 2 aliphatic rings. The van der Waals surface area contributed by atoms with Crippen molar-refractivity contribution in [3.63, 3.8) is 0 Å². The molecule has 0 bridgehead atoms. The van der Waals surface area contributed by atoms with Crippen LogP contribution in [-0.2, 0) is 11.3 Å². The van der Waals surface area contributed by atoms with Crippen LogP contribution in [0.4, 0.5) is 5.13 Å². The van der Waals surface area contributed by atoms with Gasteiger partial charge in [0.15, 0.2) is 5.13 Å². The van der Waals surface area contributed by atoms with Crippen LogP contribution in [0.5, 0.6) is 0 Å². The van der Waals surface area contributed by atoms with Gasteiger partial charge in [0, 0.05) is 29.4 Å². The van der Waals surface area contributed by atoms with Crippen molar-refractivity contribution in [1.82, 2.24) is 10.3 Å². The number of thiazole rings is 1. The quantitative estimate of drug-likeness (QED) is 0.927. The van der Waals surface area contributed by atoms with Gasteiger partial charge in [-0.1, -0.05) is 0 Å². The van der Waals surface area contributed by atoms with Crippen LogP contribution in [0.1, 0.15) is 57.0 Å². The van der Waals surface area contributed by atoms with Gasteiger partial charge in [0.1, 0.15) is 0 Å². The van der Waals surface area contributed by atoms with Gasteiger partial charge < -0.3 is 15.0 Å². The molecule has 1 atom stereocenters. The molecule has 2 fully saturated rings. The van der Waals surface area contributed by atoms with Crippen molar-refractivity contribution in [3.05, 3.63) is 10.6 Å².